The highest BCUT2D eigenvalue weighted by molar-refractivity contribution is 5.77. The first-order valence-corrected chi connectivity index (χ1v) is 8.03. The summed E-state index contributed by atoms with van der Waals surface area (Å²) in [5.74, 6) is 2.37. The van der Waals surface area contributed by atoms with Crippen LogP contribution in [0.5, 0.6) is 0 Å². The fourth-order valence-corrected chi connectivity index (χ4v) is 3.21. The number of nitrogens with one attached hydrogen (secondary N) is 1. The molecule has 0 spiro atoms. The van der Waals surface area contributed by atoms with Gasteiger partial charge in [0.1, 0.15) is 5.52 Å². The molecule has 1 N–H and O–H groups in total. The van der Waals surface area contributed by atoms with Gasteiger partial charge in [0.2, 0.25) is 0 Å². The zero-order chi connectivity index (χ0) is 13.4. The number of aromatic nitrogens is 1. The predicted molar refractivity (Wildman–Crippen MR) is 81.0 cm³/mol. The Hall–Kier alpha value is -1.51. The Labute approximate surface area is 119 Å². The monoisotopic (exact) mass is 270 g/mol. The zero-order valence-electron chi connectivity index (χ0n) is 11.9. The molecule has 1 aromatic heterocycles. The van der Waals surface area contributed by atoms with E-state index in [1.54, 1.807) is 0 Å². The molecule has 0 unspecified atom stereocenters. The Morgan fingerprint density at radius 3 is 2.75 bits per heavy atom. The summed E-state index contributed by atoms with van der Waals surface area (Å²) in [6.07, 6.45) is 9.46. The highest BCUT2D eigenvalue weighted by atomic mass is 16.3. The minimum absolute atomic E-state index is 0.584. The number of oxazole rings is 1. The van der Waals surface area contributed by atoms with Crippen molar-refractivity contribution in [3.05, 3.63) is 24.1 Å². The minimum atomic E-state index is 0.584. The van der Waals surface area contributed by atoms with Gasteiger partial charge in [0, 0.05) is 18.2 Å². The molecule has 2 aliphatic rings. The largest absolute Gasteiger partial charge is 0.440 e. The second kappa shape index (κ2) is 5.12. The number of anilines is 1. The molecule has 3 heteroatoms. The van der Waals surface area contributed by atoms with E-state index in [1.807, 2.05) is 0 Å². The van der Waals surface area contributed by atoms with Crippen molar-refractivity contribution in [2.45, 2.75) is 50.9 Å². The molecule has 4 rings (SSSR count). The molecule has 1 heterocycles. The average molecular weight is 270 g/mol. The van der Waals surface area contributed by atoms with Gasteiger partial charge in [0.05, 0.1) is 0 Å². The molecule has 0 aliphatic heterocycles. The Kier molecular flexibility index (Phi) is 3.13. The number of nitrogens with zero attached hydrogens (tertiary/aromatic N) is 1. The minimum Gasteiger partial charge on any atom is -0.440 e. The second-order valence-corrected chi connectivity index (χ2v) is 6.39. The van der Waals surface area contributed by atoms with Gasteiger partial charge in [-0.1, -0.05) is 19.3 Å². The van der Waals surface area contributed by atoms with Crippen LogP contribution in [-0.4, -0.2) is 11.5 Å². The lowest BCUT2D eigenvalue weighted by Crippen LogP contribution is -2.16. The van der Waals surface area contributed by atoms with E-state index >= 15 is 0 Å². The third-order valence-electron chi connectivity index (χ3n) is 4.65. The van der Waals surface area contributed by atoms with Gasteiger partial charge < -0.3 is 9.73 Å². The van der Waals surface area contributed by atoms with Crippen molar-refractivity contribution in [1.82, 2.24) is 4.98 Å². The van der Waals surface area contributed by atoms with Gasteiger partial charge in [-0.2, -0.15) is 0 Å². The van der Waals surface area contributed by atoms with Crippen LogP contribution < -0.4 is 5.32 Å². The summed E-state index contributed by atoms with van der Waals surface area (Å²) in [5, 5.41) is 3.58. The Balaban J connectivity index is 1.45. The van der Waals surface area contributed by atoms with Gasteiger partial charge in [-0.05, 0) is 49.8 Å². The van der Waals surface area contributed by atoms with E-state index in [1.165, 1.54) is 50.6 Å². The summed E-state index contributed by atoms with van der Waals surface area (Å²) in [7, 11) is 0. The first kappa shape index (κ1) is 12.2. The number of hydrogen-bond donors (Lipinski definition) is 1. The molecule has 106 valence electrons. The van der Waals surface area contributed by atoms with Crippen LogP contribution in [0.3, 0.4) is 0 Å². The van der Waals surface area contributed by atoms with Crippen LogP contribution in [0.15, 0.2) is 22.6 Å². The molecule has 0 amide bonds. The lowest BCUT2D eigenvalue weighted by Gasteiger charge is -2.22. The van der Waals surface area contributed by atoms with Crippen molar-refractivity contribution in [2.24, 2.45) is 5.92 Å². The van der Waals surface area contributed by atoms with E-state index in [4.69, 9.17) is 4.42 Å². The fourth-order valence-electron chi connectivity index (χ4n) is 3.21. The first-order valence-electron chi connectivity index (χ1n) is 8.03. The molecule has 0 atom stereocenters. The van der Waals surface area contributed by atoms with Crippen LogP contribution in [0.1, 0.15) is 56.8 Å². The molecule has 0 radical (unpaired) electrons. The number of benzene rings is 1. The number of hydrogen-bond acceptors (Lipinski definition) is 3. The van der Waals surface area contributed by atoms with Crippen LogP contribution in [0.25, 0.3) is 11.1 Å². The summed E-state index contributed by atoms with van der Waals surface area (Å²) in [6.45, 7) is 1.10. The molecular formula is C17H22N2O. The van der Waals surface area contributed by atoms with E-state index in [9.17, 15) is 0 Å². The van der Waals surface area contributed by atoms with Crippen LogP contribution >= 0.6 is 0 Å². The molecule has 20 heavy (non-hydrogen) atoms. The second-order valence-electron chi connectivity index (χ2n) is 6.39. The maximum atomic E-state index is 5.80. The van der Waals surface area contributed by atoms with Crippen molar-refractivity contribution in [1.29, 1.82) is 0 Å². The number of rotatable bonds is 4. The standard InChI is InChI=1S/C17H22N2O/c1-2-4-12(5-3-1)11-18-14-8-9-16-15(10-14)19-17(20-16)13-6-7-13/h8-10,12-13,18H,1-7,11H2. The van der Waals surface area contributed by atoms with Crippen LogP contribution in [0, 0.1) is 5.92 Å². The Morgan fingerprint density at radius 2 is 1.95 bits per heavy atom. The third-order valence-corrected chi connectivity index (χ3v) is 4.65. The highest BCUT2D eigenvalue weighted by Crippen LogP contribution is 2.40. The maximum absolute atomic E-state index is 5.80. The lowest BCUT2D eigenvalue weighted by molar-refractivity contribution is 0.373. The fraction of sp³-hybridized carbons (Fsp3) is 0.588. The Morgan fingerprint density at radius 1 is 1.10 bits per heavy atom. The smallest absolute Gasteiger partial charge is 0.198 e. The molecule has 2 fully saturated rings. The topological polar surface area (TPSA) is 38.1 Å². The molecule has 0 bridgehead atoms. The molecule has 2 saturated carbocycles. The van der Waals surface area contributed by atoms with E-state index < -0.39 is 0 Å². The van der Waals surface area contributed by atoms with E-state index in [-0.39, 0.29) is 0 Å². The quantitative estimate of drug-likeness (QED) is 0.875. The molecule has 2 aromatic rings. The van der Waals surface area contributed by atoms with Gasteiger partial charge in [-0.25, -0.2) is 4.98 Å². The van der Waals surface area contributed by atoms with Gasteiger partial charge in [0.15, 0.2) is 11.5 Å². The van der Waals surface area contributed by atoms with Crippen LogP contribution in [0.4, 0.5) is 5.69 Å². The SMILES string of the molecule is c1cc2oc(C3CC3)nc2cc1NCC1CCCCC1. The van der Waals surface area contributed by atoms with Crippen LogP contribution in [0.2, 0.25) is 0 Å². The normalized spacial score (nSPS) is 20.4. The first-order chi connectivity index (χ1) is 9.88. The summed E-state index contributed by atoms with van der Waals surface area (Å²) in [6, 6.07) is 6.30. The van der Waals surface area contributed by atoms with Crippen molar-refractivity contribution >= 4 is 16.8 Å². The Bertz CT molecular complexity index is 594. The zero-order valence-corrected chi connectivity index (χ0v) is 11.9. The summed E-state index contributed by atoms with van der Waals surface area (Å²) >= 11 is 0. The van der Waals surface area contributed by atoms with Crippen molar-refractivity contribution < 1.29 is 4.42 Å². The van der Waals surface area contributed by atoms with Gasteiger partial charge >= 0.3 is 0 Å². The van der Waals surface area contributed by atoms with Gasteiger partial charge in [-0.3, -0.25) is 0 Å². The average Bonchev–Trinajstić information content (AvgIpc) is 3.26. The van der Waals surface area contributed by atoms with E-state index in [2.05, 4.69) is 28.5 Å². The van der Waals surface area contributed by atoms with Crippen molar-refractivity contribution in [2.75, 3.05) is 11.9 Å². The van der Waals surface area contributed by atoms with Gasteiger partial charge in [0.25, 0.3) is 0 Å². The predicted octanol–water partition coefficient (Wildman–Crippen LogP) is 4.70. The van der Waals surface area contributed by atoms with E-state index in [0.29, 0.717) is 5.92 Å². The molecular weight excluding hydrogens is 248 g/mol. The van der Waals surface area contributed by atoms with Crippen LogP contribution in [-0.2, 0) is 0 Å². The molecule has 2 aliphatic carbocycles. The van der Waals surface area contributed by atoms with E-state index in [0.717, 1.165) is 29.5 Å². The molecule has 3 nitrogen and oxygen atoms in total. The van der Waals surface area contributed by atoms with Crippen molar-refractivity contribution in [3.8, 4) is 0 Å². The highest BCUT2D eigenvalue weighted by Gasteiger charge is 2.28. The number of fused-ring (bicyclic) bond motifs is 1. The molecule has 0 saturated heterocycles. The summed E-state index contributed by atoms with van der Waals surface area (Å²) in [4.78, 5) is 4.62. The third kappa shape index (κ3) is 2.54. The molecule has 1 aromatic carbocycles. The summed E-state index contributed by atoms with van der Waals surface area (Å²) in [5.41, 5.74) is 3.11. The van der Waals surface area contributed by atoms with Crippen molar-refractivity contribution in [3.63, 3.8) is 0 Å². The van der Waals surface area contributed by atoms with Gasteiger partial charge in [-0.15, -0.1) is 0 Å². The maximum Gasteiger partial charge on any atom is 0.198 e. The lowest BCUT2D eigenvalue weighted by atomic mass is 9.89. The summed E-state index contributed by atoms with van der Waals surface area (Å²) < 4.78 is 5.80.